The number of hydrogen-bond donors (Lipinski definition) is 0. The molecule has 0 atom stereocenters. The first-order chi connectivity index (χ1) is 8.38. The van der Waals surface area contributed by atoms with Crippen molar-refractivity contribution in [3.8, 4) is 17.3 Å². The summed E-state index contributed by atoms with van der Waals surface area (Å²) < 4.78 is 1.76. The molecule has 1 aromatic carbocycles. The maximum atomic E-state index is 8.90. The molecular formula is C13H8N4. The number of hydrogen-bond acceptors (Lipinski definition) is 3. The Hall–Kier alpha value is -2.67. The molecule has 2 aromatic heterocycles. The van der Waals surface area contributed by atoms with E-state index in [1.54, 1.807) is 23.0 Å². The normalized spacial score (nSPS) is 10.3. The molecule has 0 fully saturated rings. The van der Waals surface area contributed by atoms with Crippen molar-refractivity contribution < 1.29 is 0 Å². The fraction of sp³-hybridized carbons (Fsp3) is 0. The molecule has 0 unspecified atom stereocenters. The summed E-state index contributed by atoms with van der Waals surface area (Å²) in [4.78, 5) is 4.21. The van der Waals surface area contributed by atoms with Crippen LogP contribution < -0.4 is 0 Å². The van der Waals surface area contributed by atoms with Gasteiger partial charge in [0.1, 0.15) is 0 Å². The first kappa shape index (κ1) is 9.55. The van der Waals surface area contributed by atoms with Crippen molar-refractivity contribution in [3.63, 3.8) is 0 Å². The van der Waals surface area contributed by atoms with Gasteiger partial charge in [0, 0.05) is 17.8 Å². The average molecular weight is 220 g/mol. The van der Waals surface area contributed by atoms with E-state index in [0.717, 1.165) is 16.9 Å². The highest BCUT2D eigenvalue weighted by Gasteiger charge is 2.05. The number of nitrogens with zero attached hydrogens (tertiary/aromatic N) is 4. The summed E-state index contributed by atoms with van der Waals surface area (Å²) in [7, 11) is 0. The lowest BCUT2D eigenvalue weighted by Crippen LogP contribution is -1.95. The number of fused-ring (bicyclic) bond motifs is 1. The van der Waals surface area contributed by atoms with Crippen molar-refractivity contribution in [2.24, 2.45) is 0 Å². The van der Waals surface area contributed by atoms with Crippen LogP contribution in [0.3, 0.4) is 0 Å². The molecular weight excluding hydrogens is 212 g/mol. The fourth-order valence-corrected chi connectivity index (χ4v) is 1.80. The van der Waals surface area contributed by atoms with Gasteiger partial charge in [0.15, 0.2) is 5.65 Å². The minimum absolute atomic E-state index is 0.639. The molecule has 0 aliphatic heterocycles. The van der Waals surface area contributed by atoms with Gasteiger partial charge in [0.25, 0.3) is 0 Å². The topological polar surface area (TPSA) is 54.0 Å². The van der Waals surface area contributed by atoms with Gasteiger partial charge in [-0.3, -0.25) is 0 Å². The lowest BCUT2D eigenvalue weighted by atomic mass is 10.1. The quantitative estimate of drug-likeness (QED) is 0.632. The van der Waals surface area contributed by atoms with Crippen molar-refractivity contribution in [2.75, 3.05) is 0 Å². The third-order valence-electron chi connectivity index (χ3n) is 2.58. The zero-order valence-electron chi connectivity index (χ0n) is 8.91. The van der Waals surface area contributed by atoms with E-state index in [1.807, 2.05) is 30.3 Å². The smallest absolute Gasteiger partial charge is 0.155 e. The predicted octanol–water partition coefficient (Wildman–Crippen LogP) is 2.27. The average Bonchev–Trinajstić information content (AvgIpc) is 2.87. The van der Waals surface area contributed by atoms with Crippen LogP contribution in [0.1, 0.15) is 5.56 Å². The summed E-state index contributed by atoms with van der Waals surface area (Å²) in [6.07, 6.45) is 3.45. The molecule has 0 aliphatic carbocycles. The van der Waals surface area contributed by atoms with Crippen molar-refractivity contribution in [3.05, 3.63) is 54.4 Å². The molecule has 0 radical (unpaired) electrons. The van der Waals surface area contributed by atoms with Crippen LogP contribution in [-0.2, 0) is 0 Å². The minimum atomic E-state index is 0.639. The Morgan fingerprint density at radius 1 is 1.12 bits per heavy atom. The van der Waals surface area contributed by atoms with Gasteiger partial charge in [-0.05, 0) is 18.2 Å². The molecule has 0 amide bonds. The SMILES string of the molecule is N#Cc1cccc(-c2ccnc3ccnn23)c1. The van der Waals surface area contributed by atoms with Gasteiger partial charge < -0.3 is 0 Å². The number of nitriles is 1. The van der Waals surface area contributed by atoms with Gasteiger partial charge in [0.05, 0.1) is 23.5 Å². The summed E-state index contributed by atoms with van der Waals surface area (Å²) in [6.45, 7) is 0. The summed E-state index contributed by atoms with van der Waals surface area (Å²) in [6, 6.07) is 13.3. The Bertz CT molecular complexity index is 721. The monoisotopic (exact) mass is 220 g/mol. The second kappa shape index (κ2) is 3.72. The number of rotatable bonds is 1. The zero-order valence-corrected chi connectivity index (χ0v) is 8.91. The Morgan fingerprint density at radius 3 is 2.94 bits per heavy atom. The van der Waals surface area contributed by atoms with Crippen LogP contribution >= 0.6 is 0 Å². The van der Waals surface area contributed by atoms with Crippen LogP contribution in [0.5, 0.6) is 0 Å². The summed E-state index contributed by atoms with van der Waals surface area (Å²) in [5.74, 6) is 0. The van der Waals surface area contributed by atoms with Crippen LogP contribution in [0, 0.1) is 11.3 Å². The molecule has 4 heteroatoms. The molecule has 3 aromatic rings. The fourth-order valence-electron chi connectivity index (χ4n) is 1.80. The molecule has 0 saturated heterocycles. The lowest BCUT2D eigenvalue weighted by Gasteiger charge is -2.04. The highest BCUT2D eigenvalue weighted by molar-refractivity contribution is 5.63. The highest BCUT2D eigenvalue weighted by Crippen LogP contribution is 2.20. The Kier molecular flexibility index (Phi) is 2.09. The zero-order chi connectivity index (χ0) is 11.7. The van der Waals surface area contributed by atoms with E-state index in [2.05, 4.69) is 16.2 Å². The third-order valence-corrected chi connectivity index (χ3v) is 2.58. The molecule has 0 aliphatic rings. The van der Waals surface area contributed by atoms with Gasteiger partial charge in [-0.15, -0.1) is 0 Å². The van der Waals surface area contributed by atoms with Gasteiger partial charge >= 0.3 is 0 Å². The van der Waals surface area contributed by atoms with Crippen LogP contribution in [0.25, 0.3) is 16.9 Å². The molecule has 0 bridgehead atoms. The Balaban J connectivity index is 2.27. The van der Waals surface area contributed by atoms with Crippen LogP contribution in [0.2, 0.25) is 0 Å². The Labute approximate surface area is 97.8 Å². The molecule has 4 nitrogen and oxygen atoms in total. The Morgan fingerprint density at radius 2 is 2.06 bits per heavy atom. The van der Waals surface area contributed by atoms with Gasteiger partial charge in [-0.1, -0.05) is 12.1 Å². The molecule has 0 spiro atoms. The van der Waals surface area contributed by atoms with Crippen molar-refractivity contribution in [2.45, 2.75) is 0 Å². The van der Waals surface area contributed by atoms with Crippen molar-refractivity contribution in [1.82, 2.24) is 14.6 Å². The second-order valence-corrected chi connectivity index (χ2v) is 3.62. The second-order valence-electron chi connectivity index (χ2n) is 3.62. The molecule has 0 N–H and O–H groups in total. The summed E-state index contributed by atoms with van der Waals surface area (Å²) in [5.41, 5.74) is 3.32. The number of aromatic nitrogens is 3. The molecule has 0 saturated carbocycles. The first-order valence-electron chi connectivity index (χ1n) is 5.18. The predicted molar refractivity (Wildman–Crippen MR) is 63.1 cm³/mol. The van der Waals surface area contributed by atoms with E-state index in [0.29, 0.717) is 5.56 Å². The third kappa shape index (κ3) is 1.54. The van der Waals surface area contributed by atoms with E-state index >= 15 is 0 Å². The molecule has 17 heavy (non-hydrogen) atoms. The van der Waals surface area contributed by atoms with E-state index in [-0.39, 0.29) is 0 Å². The van der Waals surface area contributed by atoms with Crippen LogP contribution in [0.4, 0.5) is 0 Å². The van der Waals surface area contributed by atoms with Crippen LogP contribution in [-0.4, -0.2) is 14.6 Å². The van der Waals surface area contributed by atoms with E-state index in [9.17, 15) is 0 Å². The van der Waals surface area contributed by atoms with Crippen LogP contribution in [0.15, 0.2) is 48.8 Å². The highest BCUT2D eigenvalue weighted by atomic mass is 15.2. The first-order valence-corrected chi connectivity index (χ1v) is 5.18. The van der Waals surface area contributed by atoms with E-state index in [4.69, 9.17) is 5.26 Å². The maximum Gasteiger partial charge on any atom is 0.155 e. The van der Waals surface area contributed by atoms with Crippen molar-refractivity contribution in [1.29, 1.82) is 5.26 Å². The lowest BCUT2D eigenvalue weighted by molar-refractivity contribution is 0.948. The molecule has 80 valence electrons. The number of benzene rings is 1. The summed E-state index contributed by atoms with van der Waals surface area (Å²) >= 11 is 0. The largest absolute Gasteiger partial charge is 0.237 e. The molecule has 3 rings (SSSR count). The van der Waals surface area contributed by atoms with E-state index in [1.165, 1.54) is 0 Å². The van der Waals surface area contributed by atoms with Gasteiger partial charge in [-0.25, -0.2) is 9.50 Å². The minimum Gasteiger partial charge on any atom is -0.237 e. The summed E-state index contributed by atoms with van der Waals surface area (Å²) in [5, 5.41) is 13.1. The standard InChI is InChI=1S/C13H8N4/c14-9-10-2-1-3-11(8-10)12-4-6-15-13-5-7-16-17(12)13/h1-8H. The molecule has 2 heterocycles. The van der Waals surface area contributed by atoms with Gasteiger partial charge in [0.2, 0.25) is 0 Å². The maximum absolute atomic E-state index is 8.90. The van der Waals surface area contributed by atoms with Crippen molar-refractivity contribution >= 4 is 5.65 Å². The van der Waals surface area contributed by atoms with E-state index < -0.39 is 0 Å². The van der Waals surface area contributed by atoms with Gasteiger partial charge in [-0.2, -0.15) is 10.4 Å².